The van der Waals surface area contributed by atoms with Gasteiger partial charge in [0, 0.05) is 16.1 Å². The summed E-state index contributed by atoms with van der Waals surface area (Å²) < 4.78 is 38.6. The Morgan fingerprint density at radius 1 is 1.00 bits per heavy atom. The van der Waals surface area contributed by atoms with Gasteiger partial charge in [-0.2, -0.15) is 0 Å². The predicted molar refractivity (Wildman–Crippen MR) is 118 cm³/mol. The Hall–Kier alpha value is -3.45. The van der Waals surface area contributed by atoms with Gasteiger partial charge in [0.2, 0.25) is 0 Å². The first-order valence-electron chi connectivity index (χ1n) is 10.3. The first-order chi connectivity index (χ1) is 15.9. The molecule has 170 valence electrons. The zero-order valence-electron chi connectivity index (χ0n) is 17.6. The van der Waals surface area contributed by atoms with Crippen LogP contribution in [-0.2, 0) is 19.9 Å². The molecule has 0 bridgehead atoms. The van der Waals surface area contributed by atoms with Crippen LogP contribution in [0.4, 0.5) is 13.6 Å². The zero-order valence-corrected chi connectivity index (χ0v) is 18.4. The van der Waals surface area contributed by atoms with E-state index in [9.17, 15) is 18.4 Å². The average molecular weight is 472 g/mol. The van der Waals surface area contributed by atoms with Crippen molar-refractivity contribution < 1.29 is 27.8 Å². The average Bonchev–Trinajstić information content (AvgIpc) is 3.08. The van der Waals surface area contributed by atoms with E-state index >= 15 is 0 Å². The van der Waals surface area contributed by atoms with E-state index in [-0.39, 0.29) is 6.61 Å². The number of nitrogens with zero attached hydrogens (tertiary/aromatic N) is 1. The fraction of sp³-hybridized carbons (Fsp3) is 0.200. The molecule has 5 nitrogen and oxygen atoms in total. The van der Waals surface area contributed by atoms with Crippen molar-refractivity contribution in [3.8, 4) is 0 Å². The number of esters is 1. The van der Waals surface area contributed by atoms with Gasteiger partial charge >= 0.3 is 12.1 Å². The molecule has 3 aromatic carbocycles. The third-order valence-corrected chi connectivity index (χ3v) is 5.87. The van der Waals surface area contributed by atoms with Crippen molar-refractivity contribution in [2.75, 3.05) is 13.2 Å². The molecule has 0 saturated carbocycles. The van der Waals surface area contributed by atoms with Crippen LogP contribution >= 0.6 is 11.6 Å². The molecule has 1 amide bonds. The van der Waals surface area contributed by atoms with E-state index in [2.05, 4.69) is 0 Å². The Balaban J connectivity index is 1.99. The SMILES string of the molecule is CCOC(=O)CN1C(=O)OC(c2ccc(F)cc2)(c2ccc(F)cc2)C1c1ccccc1Cl. The molecule has 0 spiro atoms. The van der Waals surface area contributed by atoms with Gasteiger partial charge in [-0.1, -0.05) is 54.1 Å². The highest BCUT2D eigenvalue weighted by atomic mass is 35.5. The molecule has 4 rings (SSSR count). The summed E-state index contributed by atoms with van der Waals surface area (Å²) in [5.74, 6) is -1.58. The molecule has 1 aliphatic rings. The molecule has 0 aromatic heterocycles. The lowest BCUT2D eigenvalue weighted by Gasteiger charge is -2.36. The Morgan fingerprint density at radius 2 is 1.55 bits per heavy atom. The number of benzene rings is 3. The quantitative estimate of drug-likeness (QED) is 0.438. The molecule has 1 atom stereocenters. The fourth-order valence-corrected chi connectivity index (χ4v) is 4.40. The van der Waals surface area contributed by atoms with E-state index in [4.69, 9.17) is 21.1 Å². The molecule has 1 heterocycles. The van der Waals surface area contributed by atoms with Gasteiger partial charge < -0.3 is 9.47 Å². The van der Waals surface area contributed by atoms with Gasteiger partial charge in [-0.15, -0.1) is 0 Å². The number of amides is 1. The molecule has 1 aliphatic heterocycles. The molecule has 33 heavy (non-hydrogen) atoms. The number of ether oxygens (including phenoxy) is 2. The predicted octanol–water partition coefficient (Wildman–Crippen LogP) is 5.62. The number of hydrogen-bond acceptors (Lipinski definition) is 4. The number of cyclic esters (lactones) is 1. The monoisotopic (exact) mass is 471 g/mol. The summed E-state index contributed by atoms with van der Waals surface area (Å²) in [6, 6.07) is 16.8. The van der Waals surface area contributed by atoms with Gasteiger partial charge in [0.15, 0.2) is 5.60 Å². The highest BCUT2D eigenvalue weighted by Crippen LogP contribution is 2.53. The Labute approximate surface area is 194 Å². The molecule has 0 N–H and O–H groups in total. The van der Waals surface area contributed by atoms with Crippen LogP contribution in [0.15, 0.2) is 72.8 Å². The largest absolute Gasteiger partial charge is 0.465 e. The standard InChI is InChI=1S/C25H20ClF2NO4/c1-2-32-22(30)15-29-23(20-5-3-4-6-21(20)26)25(33-24(29)31,16-7-11-18(27)12-8-16)17-9-13-19(28)14-10-17/h3-14,23H,2,15H2,1H3. The molecule has 0 radical (unpaired) electrons. The van der Waals surface area contributed by atoms with E-state index in [1.807, 2.05) is 0 Å². The summed E-state index contributed by atoms with van der Waals surface area (Å²) in [4.78, 5) is 26.8. The smallest absolute Gasteiger partial charge is 0.412 e. The van der Waals surface area contributed by atoms with Gasteiger partial charge in [-0.05, 0) is 42.8 Å². The topological polar surface area (TPSA) is 55.8 Å². The number of hydrogen-bond donors (Lipinski definition) is 0. The van der Waals surface area contributed by atoms with Crippen LogP contribution in [0.25, 0.3) is 0 Å². The van der Waals surface area contributed by atoms with E-state index < -0.39 is 41.9 Å². The van der Waals surface area contributed by atoms with E-state index in [0.717, 1.165) is 0 Å². The maximum atomic E-state index is 13.8. The number of rotatable bonds is 6. The van der Waals surface area contributed by atoms with Gasteiger partial charge in [0.1, 0.15) is 24.2 Å². The number of halogens is 3. The minimum absolute atomic E-state index is 0.138. The summed E-state index contributed by atoms with van der Waals surface area (Å²) in [7, 11) is 0. The molecular weight excluding hydrogens is 452 g/mol. The van der Waals surface area contributed by atoms with Crippen LogP contribution in [0.2, 0.25) is 5.02 Å². The molecule has 1 unspecified atom stereocenters. The number of carbonyl (C=O) groups is 2. The first kappa shape index (κ1) is 22.7. The van der Waals surface area contributed by atoms with Crippen molar-refractivity contribution in [3.63, 3.8) is 0 Å². The van der Waals surface area contributed by atoms with E-state index in [1.54, 1.807) is 31.2 Å². The van der Waals surface area contributed by atoms with Crippen molar-refractivity contribution in [2.24, 2.45) is 0 Å². The summed E-state index contributed by atoms with van der Waals surface area (Å²) in [6.45, 7) is 1.40. The normalized spacial score (nSPS) is 17.0. The summed E-state index contributed by atoms with van der Waals surface area (Å²) in [6.07, 6.45) is -0.790. The molecule has 3 aromatic rings. The highest BCUT2D eigenvalue weighted by molar-refractivity contribution is 6.31. The highest BCUT2D eigenvalue weighted by Gasteiger charge is 2.58. The lowest BCUT2D eigenvalue weighted by atomic mass is 9.77. The second kappa shape index (κ2) is 9.19. The van der Waals surface area contributed by atoms with E-state index in [1.165, 1.54) is 53.4 Å². The minimum atomic E-state index is -1.55. The van der Waals surface area contributed by atoms with Crippen LogP contribution in [0.5, 0.6) is 0 Å². The van der Waals surface area contributed by atoms with Crippen molar-refractivity contribution >= 4 is 23.7 Å². The van der Waals surface area contributed by atoms with Crippen molar-refractivity contribution in [2.45, 2.75) is 18.6 Å². The number of carbonyl (C=O) groups excluding carboxylic acids is 2. The lowest BCUT2D eigenvalue weighted by Crippen LogP contribution is -2.40. The summed E-state index contributed by atoms with van der Waals surface area (Å²) in [5.41, 5.74) is -0.182. The van der Waals surface area contributed by atoms with Crippen molar-refractivity contribution in [1.82, 2.24) is 4.90 Å². The minimum Gasteiger partial charge on any atom is -0.465 e. The second-order valence-corrected chi connectivity index (χ2v) is 7.88. The Kier molecular flexibility index (Phi) is 6.33. The molecule has 0 aliphatic carbocycles. The summed E-state index contributed by atoms with van der Waals surface area (Å²) >= 11 is 6.54. The molecule has 8 heteroatoms. The van der Waals surface area contributed by atoms with Crippen molar-refractivity contribution in [3.05, 3.63) is 106 Å². The third-order valence-electron chi connectivity index (χ3n) is 5.53. The van der Waals surface area contributed by atoms with Gasteiger partial charge in [0.25, 0.3) is 0 Å². The molecular formula is C25H20ClF2NO4. The van der Waals surface area contributed by atoms with Crippen LogP contribution in [-0.4, -0.2) is 30.1 Å². The van der Waals surface area contributed by atoms with E-state index in [0.29, 0.717) is 21.7 Å². The van der Waals surface area contributed by atoms with Gasteiger partial charge in [0.05, 0.1) is 6.61 Å². The Bertz CT molecular complexity index is 1120. The maximum Gasteiger partial charge on any atom is 0.412 e. The van der Waals surface area contributed by atoms with Gasteiger partial charge in [-0.25, -0.2) is 13.6 Å². The van der Waals surface area contributed by atoms with Crippen LogP contribution in [0.3, 0.4) is 0 Å². The molecule has 1 fully saturated rings. The van der Waals surface area contributed by atoms with Crippen molar-refractivity contribution in [1.29, 1.82) is 0 Å². The Morgan fingerprint density at radius 3 is 2.06 bits per heavy atom. The third kappa shape index (κ3) is 4.16. The van der Waals surface area contributed by atoms with Crippen LogP contribution in [0.1, 0.15) is 29.7 Å². The van der Waals surface area contributed by atoms with Crippen LogP contribution in [0, 0.1) is 11.6 Å². The fourth-order valence-electron chi connectivity index (χ4n) is 4.16. The zero-order chi connectivity index (χ0) is 23.6. The second-order valence-electron chi connectivity index (χ2n) is 7.47. The van der Waals surface area contributed by atoms with Gasteiger partial charge in [-0.3, -0.25) is 9.69 Å². The first-order valence-corrected chi connectivity index (χ1v) is 10.7. The molecule has 1 saturated heterocycles. The maximum absolute atomic E-state index is 13.8. The lowest BCUT2D eigenvalue weighted by molar-refractivity contribution is -0.144. The van der Waals surface area contributed by atoms with Crippen LogP contribution < -0.4 is 0 Å². The summed E-state index contributed by atoms with van der Waals surface area (Å²) in [5, 5.41) is 0.336.